The average Bonchev–Trinajstić information content (AvgIpc) is 2.71. The smallest absolute Gasteiger partial charge is 0.256 e. The van der Waals surface area contributed by atoms with Crippen molar-refractivity contribution >= 4 is 11.6 Å². The molecule has 2 aliphatic rings. The van der Waals surface area contributed by atoms with Crippen molar-refractivity contribution in [1.82, 2.24) is 4.90 Å². The van der Waals surface area contributed by atoms with Gasteiger partial charge in [-0.25, -0.2) is 0 Å². The third kappa shape index (κ3) is 5.48. The van der Waals surface area contributed by atoms with E-state index in [-0.39, 0.29) is 5.91 Å². The third-order valence-electron chi connectivity index (χ3n) is 6.20. The number of likely N-dealkylation sites (tertiary alicyclic amines) is 1. The number of ether oxygens (including phenoxy) is 2. The number of benzene rings is 1. The maximum Gasteiger partial charge on any atom is 0.256 e. The molecule has 1 aliphatic carbocycles. The summed E-state index contributed by atoms with van der Waals surface area (Å²) in [4.78, 5) is 15.4. The molecule has 1 aliphatic heterocycles. The van der Waals surface area contributed by atoms with Gasteiger partial charge in [-0.2, -0.15) is 0 Å². The first-order chi connectivity index (χ1) is 13.6. The molecular weight excluding hydrogens is 352 g/mol. The van der Waals surface area contributed by atoms with Crippen molar-refractivity contribution < 1.29 is 14.3 Å². The first-order valence-corrected chi connectivity index (χ1v) is 11.1. The molecule has 3 rings (SSSR count). The zero-order valence-corrected chi connectivity index (χ0v) is 17.5. The van der Waals surface area contributed by atoms with Crippen molar-refractivity contribution in [2.24, 2.45) is 0 Å². The van der Waals surface area contributed by atoms with E-state index in [0.717, 1.165) is 43.7 Å². The summed E-state index contributed by atoms with van der Waals surface area (Å²) in [7, 11) is 0. The summed E-state index contributed by atoms with van der Waals surface area (Å²) < 4.78 is 11.8. The molecule has 0 aromatic heterocycles. The van der Waals surface area contributed by atoms with Gasteiger partial charge in [-0.3, -0.25) is 9.69 Å². The molecule has 0 bridgehead atoms. The predicted octanol–water partition coefficient (Wildman–Crippen LogP) is 4.62. The monoisotopic (exact) mass is 388 g/mol. The van der Waals surface area contributed by atoms with E-state index >= 15 is 0 Å². The maximum atomic E-state index is 12.9. The molecular formula is C23H36N2O3. The second kappa shape index (κ2) is 10.3. The summed E-state index contributed by atoms with van der Waals surface area (Å²) in [5.41, 5.74) is 0.138. The lowest BCUT2D eigenvalue weighted by atomic mass is 9.83. The Morgan fingerprint density at radius 2 is 1.89 bits per heavy atom. The minimum absolute atomic E-state index is 0.0122. The van der Waals surface area contributed by atoms with Crippen molar-refractivity contribution in [3.05, 3.63) is 24.3 Å². The Kier molecular flexibility index (Phi) is 7.74. The largest absolute Gasteiger partial charge is 0.492 e. The molecule has 1 saturated carbocycles. The van der Waals surface area contributed by atoms with Crippen molar-refractivity contribution in [1.29, 1.82) is 0 Å². The second-order valence-corrected chi connectivity index (χ2v) is 8.20. The lowest BCUT2D eigenvalue weighted by Crippen LogP contribution is -2.47. The molecule has 28 heavy (non-hydrogen) atoms. The Morgan fingerprint density at radius 3 is 2.57 bits per heavy atom. The summed E-state index contributed by atoms with van der Waals surface area (Å²) in [6.45, 7) is 7.67. The lowest BCUT2D eigenvalue weighted by Gasteiger charge is -2.35. The highest BCUT2D eigenvalue weighted by Gasteiger charge is 2.40. The van der Waals surface area contributed by atoms with Gasteiger partial charge < -0.3 is 14.8 Å². The van der Waals surface area contributed by atoms with Crippen LogP contribution in [0.5, 0.6) is 5.75 Å². The molecule has 5 heteroatoms. The van der Waals surface area contributed by atoms with Crippen LogP contribution in [0.4, 0.5) is 5.69 Å². The zero-order valence-electron chi connectivity index (χ0n) is 17.5. The van der Waals surface area contributed by atoms with Crippen LogP contribution in [0.1, 0.15) is 65.2 Å². The average molecular weight is 389 g/mol. The second-order valence-electron chi connectivity index (χ2n) is 8.20. The number of amides is 1. The van der Waals surface area contributed by atoms with E-state index in [0.29, 0.717) is 19.3 Å². The van der Waals surface area contributed by atoms with Gasteiger partial charge in [-0.1, -0.05) is 25.7 Å². The Labute approximate surface area is 169 Å². The summed E-state index contributed by atoms with van der Waals surface area (Å²) in [5, 5.41) is 3.05. The third-order valence-corrected chi connectivity index (χ3v) is 6.20. The van der Waals surface area contributed by atoms with Gasteiger partial charge >= 0.3 is 0 Å². The number of carbonyl (C=O) groups is 1. The van der Waals surface area contributed by atoms with Gasteiger partial charge in [0.05, 0.1) is 0 Å². The van der Waals surface area contributed by atoms with Crippen LogP contribution in [0, 0.1) is 0 Å². The number of nitrogens with zero attached hydrogens (tertiary/aromatic N) is 1. The van der Waals surface area contributed by atoms with E-state index in [9.17, 15) is 4.79 Å². The predicted molar refractivity (Wildman–Crippen MR) is 113 cm³/mol. The highest BCUT2D eigenvalue weighted by molar-refractivity contribution is 5.97. The van der Waals surface area contributed by atoms with Gasteiger partial charge in [0.1, 0.15) is 18.0 Å². The van der Waals surface area contributed by atoms with Gasteiger partial charge in [0.15, 0.2) is 0 Å². The van der Waals surface area contributed by atoms with E-state index in [2.05, 4.69) is 17.1 Å². The van der Waals surface area contributed by atoms with E-state index in [1.807, 2.05) is 31.2 Å². The van der Waals surface area contributed by atoms with Crippen LogP contribution in [0.3, 0.4) is 0 Å². The quantitative estimate of drug-likeness (QED) is 0.706. The zero-order chi connectivity index (χ0) is 19.8. The fourth-order valence-electron chi connectivity index (χ4n) is 4.49. The Balaban J connectivity index is 1.48. The molecule has 1 aromatic rings. The fraction of sp³-hybridized carbons (Fsp3) is 0.696. The van der Waals surface area contributed by atoms with Crippen LogP contribution in [0.2, 0.25) is 0 Å². The highest BCUT2D eigenvalue weighted by atomic mass is 16.5. The molecule has 0 spiro atoms. The Morgan fingerprint density at radius 1 is 1.14 bits per heavy atom. The molecule has 1 amide bonds. The van der Waals surface area contributed by atoms with Crippen molar-refractivity contribution in [3.63, 3.8) is 0 Å². The van der Waals surface area contributed by atoms with Crippen LogP contribution >= 0.6 is 0 Å². The molecule has 1 N–H and O–H groups in total. The molecule has 0 radical (unpaired) electrons. The van der Waals surface area contributed by atoms with E-state index in [1.165, 1.54) is 32.2 Å². The molecule has 1 heterocycles. The van der Waals surface area contributed by atoms with Gasteiger partial charge in [-0.05, 0) is 70.3 Å². The minimum Gasteiger partial charge on any atom is -0.492 e. The molecule has 1 atom stereocenters. The molecule has 2 fully saturated rings. The molecule has 0 unspecified atom stereocenters. The Hall–Kier alpha value is -1.59. The number of nitrogens with one attached hydrogen (secondary N) is 1. The number of carbonyl (C=O) groups excluding carboxylic acids is 1. The molecule has 156 valence electrons. The normalized spacial score (nSPS) is 22.6. The first kappa shape index (κ1) is 21.1. The van der Waals surface area contributed by atoms with Gasteiger partial charge in [0.2, 0.25) is 0 Å². The molecule has 1 saturated heterocycles. The standard InChI is InChI=1S/C23H36N2O3/c1-3-28-23(14-6-4-7-15-23)22(26)24-20-10-12-21(13-11-20)27-18-17-25-16-8-5-9-19(25)2/h10-13,19H,3-9,14-18H2,1-2H3,(H,24,26)/t19-/m1/s1. The van der Waals surface area contributed by atoms with E-state index in [1.54, 1.807) is 0 Å². The van der Waals surface area contributed by atoms with Crippen LogP contribution in [0.15, 0.2) is 24.3 Å². The Bertz CT molecular complexity index is 605. The highest BCUT2D eigenvalue weighted by Crippen LogP contribution is 2.33. The summed E-state index contributed by atoms with van der Waals surface area (Å²) in [6, 6.07) is 8.36. The molecule has 5 nitrogen and oxygen atoms in total. The number of piperidine rings is 1. The van der Waals surface area contributed by atoms with Gasteiger partial charge in [0, 0.05) is 24.9 Å². The van der Waals surface area contributed by atoms with Crippen molar-refractivity contribution in [2.45, 2.75) is 76.9 Å². The summed E-state index contributed by atoms with van der Waals surface area (Å²) in [5.74, 6) is 0.835. The van der Waals surface area contributed by atoms with Crippen molar-refractivity contribution in [3.8, 4) is 5.75 Å². The first-order valence-electron chi connectivity index (χ1n) is 11.1. The number of anilines is 1. The minimum atomic E-state index is -0.659. The SMILES string of the molecule is CCOC1(C(=O)Nc2ccc(OCCN3CCCC[C@H]3C)cc2)CCCCC1. The summed E-state index contributed by atoms with van der Waals surface area (Å²) >= 11 is 0. The van der Waals surface area contributed by atoms with E-state index in [4.69, 9.17) is 9.47 Å². The van der Waals surface area contributed by atoms with Crippen LogP contribution in [-0.4, -0.2) is 48.8 Å². The number of hydrogen-bond donors (Lipinski definition) is 1. The summed E-state index contributed by atoms with van der Waals surface area (Å²) in [6.07, 6.45) is 8.83. The maximum absolute atomic E-state index is 12.9. The van der Waals surface area contributed by atoms with E-state index < -0.39 is 5.60 Å². The van der Waals surface area contributed by atoms with Gasteiger partial charge in [-0.15, -0.1) is 0 Å². The topological polar surface area (TPSA) is 50.8 Å². The fourth-order valence-corrected chi connectivity index (χ4v) is 4.49. The van der Waals surface area contributed by atoms with Gasteiger partial charge in [0.25, 0.3) is 5.91 Å². The number of rotatable bonds is 8. The van der Waals surface area contributed by atoms with Crippen LogP contribution < -0.4 is 10.1 Å². The lowest BCUT2D eigenvalue weighted by molar-refractivity contribution is -0.145. The number of hydrogen-bond acceptors (Lipinski definition) is 4. The van der Waals surface area contributed by atoms with Crippen LogP contribution in [-0.2, 0) is 9.53 Å². The van der Waals surface area contributed by atoms with Crippen LogP contribution in [0.25, 0.3) is 0 Å². The molecule has 1 aromatic carbocycles. The van der Waals surface area contributed by atoms with Crippen molar-refractivity contribution in [2.75, 3.05) is 31.6 Å².